The number of rotatable bonds is 7. The minimum absolute atomic E-state index is 0.208. The summed E-state index contributed by atoms with van der Waals surface area (Å²) >= 11 is 0. The van der Waals surface area contributed by atoms with Crippen molar-refractivity contribution < 1.29 is 18.0 Å². The second kappa shape index (κ2) is 10.1. The molecule has 1 saturated heterocycles. The fraction of sp³-hybridized carbons (Fsp3) is 0.391. The second-order valence-electron chi connectivity index (χ2n) is 7.73. The number of hydrogen-bond donors (Lipinski definition) is 2. The van der Waals surface area contributed by atoms with Crippen LogP contribution in [0.4, 0.5) is 5.69 Å². The molecule has 0 saturated carbocycles. The van der Waals surface area contributed by atoms with Gasteiger partial charge in [-0.15, -0.1) is 0 Å². The molecule has 1 heterocycles. The Bertz CT molecular complexity index is 1040. The van der Waals surface area contributed by atoms with Crippen LogP contribution in [-0.2, 0) is 21.2 Å². The Hall–Kier alpha value is -2.71. The van der Waals surface area contributed by atoms with Crippen molar-refractivity contribution in [3.8, 4) is 0 Å². The van der Waals surface area contributed by atoms with E-state index in [2.05, 4.69) is 10.6 Å². The van der Waals surface area contributed by atoms with Gasteiger partial charge in [0, 0.05) is 26.6 Å². The van der Waals surface area contributed by atoms with E-state index >= 15 is 0 Å². The highest BCUT2D eigenvalue weighted by molar-refractivity contribution is 7.89. The van der Waals surface area contributed by atoms with Gasteiger partial charge in [-0.2, -0.15) is 4.31 Å². The lowest BCUT2D eigenvalue weighted by Crippen LogP contribution is -2.35. The molecule has 0 atom stereocenters. The van der Waals surface area contributed by atoms with Crippen molar-refractivity contribution in [3.63, 3.8) is 0 Å². The molecule has 31 heavy (non-hydrogen) atoms. The number of piperidine rings is 1. The normalized spacial score (nSPS) is 14.8. The van der Waals surface area contributed by atoms with Crippen LogP contribution in [0.2, 0.25) is 0 Å². The van der Waals surface area contributed by atoms with Crippen LogP contribution in [0.3, 0.4) is 0 Å². The number of nitrogens with zero attached hydrogens (tertiary/aromatic N) is 1. The smallest absolute Gasteiger partial charge is 0.253 e. The molecule has 0 bridgehead atoms. The fourth-order valence-corrected chi connectivity index (χ4v) is 5.27. The van der Waals surface area contributed by atoms with Crippen molar-refractivity contribution in [2.24, 2.45) is 0 Å². The Morgan fingerprint density at radius 2 is 1.68 bits per heavy atom. The summed E-state index contributed by atoms with van der Waals surface area (Å²) in [5.41, 5.74) is 2.59. The van der Waals surface area contributed by atoms with E-state index in [1.807, 2.05) is 13.0 Å². The maximum Gasteiger partial charge on any atom is 0.253 e. The van der Waals surface area contributed by atoms with Gasteiger partial charge >= 0.3 is 0 Å². The molecule has 166 valence electrons. The van der Waals surface area contributed by atoms with E-state index in [4.69, 9.17) is 0 Å². The molecule has 0 unspecified atom stereocenters. The van der Waals surface area contributed by atoms with Crippen molar-refractivity contribution >= 4 is 27.5 Å². The van der Waals surface area contributed by atoms with Gasteiger partial charge in [0.15, 0.2) is 0 Å². The SMILES string of the molecule is CNC(=O)c1c(C)cccc1NC(=O)CCc1ccc(S(=O)(=O)N2CCCCC2)cc1. The molecule has 2 aromatic carbocycles. The van der Waals surface area contributed by atoms with Crippen molar-refractivity contribution in [1.29, 1.82) is 0 Å². The third kappa shape index (κ3) is 5.51. The van der Waals surface area contributed by atoms with E-state index in [1.165, 1.54) is 0 Å². The highest BCUT2D eigenvalue weighted by Crippen LogP contribution is 2.22. The molecule has 1 aliphatic rings. The number of carbonyl (C=O) groups excluding carboxylic acids is 2. The summed E-state index contributed by atoms with van der Waals surface area (Å²) in [6.07, 6.45) is 3.56. The van der Waals surface area contributed by atoms with Crippen LogP contribution in [0.15, 0.2) is 47.4 Å². The number of anilines is 1. The van der Waals surface area contributed by atoms with Gasteiger partial charge in [0.05, 0.1) is 16.1 Å². The van der Waals surface area contributed by atoms with Gasteiger partial charge in [0.1, 0.15) is 0 Å². The highest BCUT2D eigenvalue weighted by Gasteiger charge is 2.25. The summed E-state index contributed by atoms with van der Waals surface area (Å²) in [7, 11) is -1.90. The maximum atomic E-state index is 12.7. The first-order valence-corrected chi connectivity index (χ1v) is 12.0. The number of aryl methyl sites for hydroxylation is 2. The minimum Gasteiger partial charge on any atom is -0.355 e. The Labute approximate surface area is 183 Å². The van der Waals surface area contributed by atoms with Crippen molar-refractivity contribution in [2.75, 3.05) is 25.5 Å². The molecule has 2 amide bonds. The average Bonchev–Trinajstić information content (AvgIpc) is 2.78. The van der Waals surface area contributed by atoms with Crippen LogP contribution in [0.1, 0.15) is 47.2 Å². The largest absolute Gasteiger partial charge is 0.355 e. The number of hydrogen-bond acceptors (Lipinski definition) is 4. The first-order valence-electron chi connectivity index (χ1n) is 10.5. The van der Waals surface area contributed by atoms with Crippen LogP contribution in [0, 0.1) is 6.92 Å². The fourth-order valence-electron chi connectivity index (χ4n) is 3.75. The zero-order chi connectivity index (χ0) is 22.4. The van der Waals surface area contributed by atoms with Crippen LogP contribution in [-0.4, -0.2) is 44.7 Å². The Balaban J connectivity index is 1.61. The summed E-state index contributed by atoms with van der Waals surface area (Å²) in [6.45, 7) is 2.96. The van der Waals surface area contributed by atoms with Gasteiger partial charge in [-0.05, 0) is 55.5 Å². The Morgan fingerprint density at radius 3 is 2.32 bits per heavy atom. The van der Waals surface area contributed by atoms with Gasteiger partial charge in [0.25, 0.3) is 5.91 Å². The number of sulfonamides is 1. The molecule has 0 aromatic heterocycles. The molecule has 1 fully saturated rings. The molecule has 8 heteroatoms. The lowest BCUT2D eigenvalue weighted by Gasteiger charge is -2.25. The number of nitrogens with one attached hydrogen (secondary N) is 2. The maximum absolute atomic E-state index is 12.7. The van der Waals surface area contributed by atoms with E-state index in [1.54, 1.807) is 47.8 Å². The van der Waals surface area contributed by atoms with E-state index < -0.39 is 10.0 Å². The molecule has 0 aliphatic carbocycles. The molecular formula is C23H29N3O4S. The summed E-state index contributed by atoms with van der Waals surface area (Å²) < 4.78 is 27.0. The van der Waals surface area contributed by atoms with Crippen LogP contribution in [0.5, 0.6) is 0 Å². The van der Waals surface area contributed by atoms with Crippen molar-refractivity contribution in [3.05, 3.63) is 59.2 Å². The topological polar surface area (TPSA) is 95.6 Å². The van der Waals surface area contributed by atoms with Crippen LogP contribution >= 0.6 is 0 Å². The summed E-state index contributed by atoms with van der Waals surface area (Å²) in [6, 6.07) is 12.1. The van der Waals surface area contributed by atoms with E-state index in [9.17, 15) is 18.0 Å². The van der Waals surface area contributed by atoms with E-state index in [0.717, 1.165) is 30.4 Å². The van der Waals surface area contributed by atoms with Crippen LogP contribution in [0.25, 0.3) is 0 Å². The molecule has 1 aliphatic heterocycles. The predicted octanol–water partition coefficient (Wildman–Crippen LogP) is 3.10. The quantitative estimate of drug-likeness (QED) is 0.687. The standard InChI is InChI=1S/C23H29N3O4S/c1-17-7-6-8-20(22(17)23(28)24-2)25-21(27)14-11-18-9-12-19(13-10-18)31(29,30)26-15-4-3-5-16-26/h6-10,12-13H,3-5,11,14-16H2,1-2H3,(H,24,28)(H,25,27). The van der Waals surface area contributed by atoms with Gasteiger partial charge in [-0.25, -0.2) is 8.42 Å². The molecular weight excluding hydrogens is 414 g/mol. The number of benzene rings is 2. The molecule has 3 rings (SSSR count). The third-order valence-electron chi connectivity index (χ3n) is 5.52. The molecule has 7 nitrogen and oxygen atoms in total. The van der Waals surface area contributed by atoms with Gasteiger partial charge in [-0.1, -0.05) is 30.7 Å². The summed E-state index contributed by atoms with van der Waals surface area (Å²) in [5, 5.41) is 5.40. The van der Waals surface area contributed by atoms with Gasteiger partial charge < -0.3 is 10.6 Å². The van der Waals surface area contributed by atoms with Crippen LogP contribution < -0.4 is 10.6 Å². The zero-order valence-electron chi connectivity index (χ0n) is 18.0. The van der Waals surface area contributed by atoms with E-state index in [0.29, 0.717) is 30.8 Å². The molecule has 0 radical (unpaired) electrons. The molecule has 2 N–H and O–H groups in total. The lowest BCUT2D eigenvalue weighted by atomic mass is 10.1. The predicted molar refractivity (Wildman–Crippen MR) is 121 cm³/mol. The highest BCUT2D eigenvalue weighted by atomic mass is 32.2. The Morgan fingerprint density at radius 1 is 1.00 bits per heavy atom. The first-order chi connectivity index (χ1) is 14.8. The molecule has 2 aromatic rings. The second-order valence-corrected chi connectivity index (χ2v) is 9.67. The zero-order valence-corrected chi connectivity index (χ0v) is 18.8. The van der Waals surface area contributed by atoms with Crippen molar-refractivity contribution in [2.45, 2.75) is 43.9 Å². The van der Waals surface area contributed by atoms with E-state index in [-0.39, 0.29) is 23.1 Å². The van der Waals surface area contributed by atoms with Crippen molar-refractivity contribution in [1.82, 2.24) is 9.62 Å². The number of amides is 2. The Kier molecular flexibility index (Phi) is 7.46. The molecule has 0 spiro atoms. The lowest BCUT2D eigenvalue weighted by molar-refractivity contribution is -0.116. The first kappa shape index (κ1) is 23.0. The van der Waals surface area contributed by atoms with Gasteiger partial charge in [-0.3, -0.25) is 9.59 Å². The van der Waals surface area contributed by atoms with Gasteiger partial charge in [0.2, 0.25) is 15.9 Å². The summed E-state index contributed by atoms with van der Waals surface area (Å²) in [4.78, 5) is 24.9. The average molecular weight is 444 g/mol. The summed E-state index contributed by atoms with van der Waals surface area (Å²) in [5.74, 6) is -0.459. The monoisotopic (exact) mass is 443 g/mol. The number of carbonyl (C=O) groups is 2. The minimum atomic E-state index is -3.45. The third-order valence-corrected chi connectivity index (χ3v) is 7.43.